The highest BCUT2D eigenvalue weighted by atomic mass is 16.3. The summed E-state index contributed by atoms with van der Waals surface area (Å²) in [6.45, 7) is 2.61. The van der Waals surface area contributed by atoms with Crippen molar-refractivity contribution in [3.05, 3.63) is 48.0 Å². The molecule has 4 atom stereocenters. The molecule has 1 amide bonds. The summed E-state index contributed by atoms with van der Waals surface area (Å²) in [6.07, 6.45) is 3.60. The third-order valence-corrected chi connectivity index (χ3v) is 5.70. The highest BCUT2D eigenvalue weighted by molar-refractivity contribution is 5.86. The fourth-order valence-electron chi connectivity index (χ4n) is 4.22. The monoisotopic (exact) mass is 323 g/mol. The van der Waals surface area contributed by atoms with Crippen LogP contribution >= 0.6 is 0 Å². The predicted octanol–water partition coefficient (Wildman–Crippen LogP) is 3.71. The van der Waals surface area contributed by atoms with Crippen molar-refractivity contribution < 1.29 is 9.90 Å². The summed E-state index contributed by atoms with van der Waals surface area (Å²) >= 11 is 0. The minimum atomic E-state index is -0.438. The van der Waals surface area contributed by atoms with Crippen molar-refractivity contribution in [2.24, 2.45) is 5.92 Å². The third-order valence-electron chi connectivity index (χ3n) is 5.70. The van der Waals surface area contributed by atoms with E-state index in [9.17, 15) is 9.90 Å². The lowest BCUT2D eigenvalue weighted by Crippen LogP contribution is -2.49. The van der Waals surface area contributed by atoms with E-state index in [0.29, 0.717) is 5.92 Å². The van der Waals surface area contributed by atoms with Gasteiger partial charge in [0.05, 0.1) is 12.1 Å². The van der Waals surface area contributed by atoms with Gasteiger partial charge in [-0.1, -0.05) is 42.5 Å². The lowest BCUT2D eigenvalue weighted by atomic mass is 9.97. The van der Waals surface area contributed by atoms with Gasteiger partial charge in [-0.2, -0.15) is 0 Å². The number of carbonyl (C=O) groups is 1. The first-order valence-corrected chi connectivity index (χ1v) is 9.12. The Morgan fingerprint density at radius 2 is 1.96 bits per heavy atom. The molecule has 2 aromatic carbocycles. The number of benzene rings is 2. The van der Waals surface area contributed by atoms with Crippen LogP contribution in [-0.4, -0.2) is 34.6 Å². The molecule has 1 aliphatic heterocycles. The summed E-state index contributed by atoms with van der Waals surface area (Å²) in [4.78, 5) is 14.9. The zero-order valence-electron chi connectivity index (χ0n) is 14.2. The Kier molecular flexibility index (Phi) is 4.05. The zero-order valence-corrected chi connectivity index (χ0v) is 14.2. The van der Waals surface area contributed by atoms with Crippen LogP contribution in [0.5, 0.6) is 0 Å². The molecule has 0 bridgehead atoms. The molecular formula is C21H25NO2. The van der Waals surface area contributed by atoms with Gasteiger partial charge < -0.3 is 10.0 Å². The van der Waals surface area contributed by atoms with E-state index >= 15 is 0 Å². The standard InChI is InChI=1S/C21H25NO2/c1-14(23)20-8-4-5-11-22(20)21(24)19-13-18(19)17-10-9-15-6-2-3-7-16(15)12-17/h2-3,6-7,9-10,12,14,18-20,23H,4-5,8,11,13H2,1H3. The van der Waals surface area contributed by atoms with E-state index in [1.54, 1.807) is 0 Å². The summed E-state index contributed by atoms with van der Waals surface area (Å²) in [7, 11) is 0. The second-order valence-corrected chi connectivity index (χ2v) is 7.39. The van der Waals surface area contributed by atoms with Crippen molar-refractivity contribution in [1.82, 2.24) is 4.90 Å². The molecule has 2 fully saturated rings. The molecule has 1 N–H and O–H groups in total. The predicted molar refractivity (Wildman–Crippen MR) is 95.8 cm³/mol. The molecular weight excluding hydrogens is 298 g/mol. The van der Waals surface area contributed by atoms with Crippen LogP contribution in [0.15, 0.2) is 42.5 Å². The van der Waals surface area contributed by atoms with Crippen molar-refractivity contribution in [3.8, 4) is 0 Å². The molecule has 1 aliphatic carbocycles. The van der Waals surface area contributed by atoms with E-state index in [0.717, 1.165) is 32.2 Å². The Morgan fingerprint density at radius 3 is 2.75 bits per heavy atom. The number of aliphatic hydroxyl groups is 1. The molecule has 3 heteroatoms. The number of piperidine rings is 1. The molecule has 1 saturated heterocycles. The van der Waals surface area contributed by atoms with E-state index < -0.39 is 6.10 Å². The number of nitrogens with zero attached hydrogens (tertiary/aromatic N) is 1. The topological polar surface area (TPSA) is 40.5 Å². The second-order valence-electron chi connectivity index (χ2n) is 7.39. The molecule has 4 rings (SSSR count). The maximum Gasteiger partial charge on any atom is 0.226 e. The van der Waals surface area contributed by atoms with E-state index in [-0.39, 0.29) is 17.9 Å². The van der Waals surface area contributed by atoms with E-state index in [2.05, 4.69) is 42.5 Å². The Morgan fingerprint density at radius 1 is 1.17 bits per heavy atom. The number of carbonyl (C=O) groups excluding carboxylic acids is 1. The highest BCUT2D eigenvalue weighted by Crippen LogP contribution is 2.49. The van der Waals surface area contributed by atoms with Crippen LogP contribution in [0.2, 0.25) is 0 Å². The number of hydrogen-bond donors (Lipinski definition) is 1. The molecule has 0 aromatic heterocycles. The normalized spacial score (nSPS) is 27.9. The van der Waals surface area contributed by atoms with Gasteiger partial charge in [-0.3, -0.25) is 4.79 Å². The molecule has 4 unspecified atom stereocenters. The van der Waals surface area contributed by atoms with Gasteiger partial charge in [0.25, 0.3) is 0 Å². The summed E-state index contributed by atoms with van der Waals surface area (Å²) in [6, 6.07) is 14.9. The van der Waals surface area contributed by atoms with E-state index in [1.165, 1.54) is 16.3 Å². The Hall–Kier alpha value is -1.87. The number of amides is 1. The highest BCUT2D eigenvalue weighted by Gasteiger charge is 2.47. The van der Waals surface area contributed by atoms with Crippen LogP contribution in [-0.2, 0) is 4.79 Å². The SMILES string of the molecule is CC(O)C1CCCCN1C(=O)C1CC1c1ccc2ccccc2c1. The fraction of sp³-hybridized carbons (Fsp3) is 0.476. The van der Waals surface area contributed by atoms with Crippen LogP contribution in [0, 0.1) is 5.92 Å². The maximum absolute atomic E-state index is 12.9. The number of rotatable bonds is 3. The van der Waals surface area contributed by atoms with Crippen LogP contribution in [0.25, 0.3) is 10.8 Å². The first kappa shape index (κ1) is 15.6. The van der Waals surface area contributed by atoms with E-state index in [4.69, 9.17) is 0 Å². The molecule has 1 heterocycles. The molecule has 126 valence electrons. The molecule has 24 heavy (non-hydrogen) atoms. The van der Waals surface area contributed by atoms with Crippen molar-refractivity contribution in [2.75, 3.05) is 6.54 Å². The minimum Gasteiger partial charge on any atom is -0.391 e. The van der Waals surface area contributed by atoms with Gasteiger partial charge >= 0.3 is 0 Å². The van der Waals surface area contributed by atoms with Crippen molar-refractivity contribution in [2.45, 2.75) is 50.7 Å². The van der Waals surface area contributed by atoms with Crippen LogP contribution in [0.1, 0.15) is 44.1 Å². The van der Waals surface area contributed by atoms with Crippen LogP contribution < -0.4 is 0 Å². The number of aliphatic hydroxyl groups excluding tert-OH is 1. The lowest BCUT2D eigenvalue weighted by Gasteiger charge is -2.37. The summed E-state index contributed by atoms with van der Waals surface area (Å²) in [5, 5.41) is 12.5. The molecule has 0 spiro atoms. The summed E-state index contributed by atoms with van der Waals surface area (Å²) in [5.41, 5.74) is 1.28. The van der Waals surface area contributed by atoms with Crippen molar-refractivity contribution in [1.29, 1.82) is 0 Å². The quantitative estimate of drug-likeness (QED) is 0.935. The first-order chi connectivity index (χ1) is 11.6. The molecule has 2 aromatic rings. The van der Waals surface area contributed by atoms with Crippen molar-refractivity contribution >= 4 is 16.7 Å². The van der Waals surface area contributed by atoms with Gasteiger partial charge in [0, 0.05) is 12.5 Å². The minimum absolute atomic E-state index is 0.00380. The van der Waals surface area contributed by atoms with Gasteiger partial charge in [-0.05, 0) is 54.9 Å². The molecule has 3 nitrogen and oxygen atoms in total. The first-order valence-electron chi connectivity index (χ1n) is 9.12. The summed E-state index contributed by atoms with van der Waals surface area (Å²) < 4.78 is 0. The average Bonchev–Trinajstić information content (AvgIpc) is 3.41. The molecule has 2 aliphatic rings. The fourth-order valence-corrected chi connectivity index (χ4v) is 4.22. The third kappa shape index (κ3) is 2.82. The van der Waals surface area contributed by atoms with Crippen LogP contribution in [0.3, 0.4) is 0 Å². The van der Waals surface area contributed by atoms with Crippen molar-refractivity contribution in [3.63, 3.8) is 0 Å². The number of fused-ring (bicyclic) bond motifs is 1. The Bertz CT molecular complexity index is 754. The van der Waals surface area contributed by atoms with Gasteiger partial charge in [0.15, 0.2) is 0 Å². The largest absolute Gasteiger partial charge is 0.391 e. The Balaban J connectivity index is 1.51. The lowest BCUT2D eigenvalue weighted by molar-refractivity contribution is -0.139. The van der Waals surface area contributed by atoms with Crippen LogP contribution in [0.4, 0.5) is 0 Å². The Labute approximate surface area is 143 Å². The molecule has 1 saturated carbocycles. The zero-order chi connectivity index (χ0) is 16.7. The smallest absolute Gasteiger partial charge is 0.226 e. The van der Waals surface area contributed by atoms with Gasteiger partial charge in [-0.25, -0.2) is 0 Å². The molecule has 0 radical (unpaired) electrons. The van der Waals surface area contributed by atoms with Gasteiger partial charge in [0.1, 0.15) is 0 Å². The van der Waals surface area contributed by atoms with Gasteiger partial charge in [0.2, 0.25) is 5.91 Å². The maximum atomic E-state index is 12.9. The van der Waals surface area contributed by atoms with E-state index in [1.807, 2.05) is 11.8 Å². The number of hydrogen-bond acceptors (Lipinski definition) is 2. The second kappa shape index (κ2) is 6.21. The number of likely N-dealkylation sites (tertiary alicyclic amines) is 1. The van der Waals surface area contributed by atoms with Gasteiger partial charge in [-0.15, -0.1) is 0 Å². The summed E-state index contributed by atoms with van der Waals surface area (Å²) in [5.74, 6) is 0.697. The average molecular weight is 323 g/mol.